The Hall–Kier alpha value is -6.96. The van der Waals surface area contributed by atoms with Crippen molar-refractivity contribution >= 4 is 70.9 Å². The zero-order valence-electron chi connectivity index (χ0n) is 67.5. The van der Waals surface area contributed by atoms with Gasteiger partial charge in [-0.15, -0.1) is 0 Å². The lowest BCUT2D eigenvalue weighted by atomic mass is 9.74. The molecule has 4 aliphatic heterocycles. The number of alkyl halides is 8. The number of hydrogen-bond donors (Lipinski definition) is 3. The normalized spacial score (nSPS) is 31.9. The maximum atomic E-state index is 16.1. The van der Waals surface area contributed by atoms with Crippen molar-refractivity contribution < 1.29 is 97.4 Å². The van der Waals surface area contributed by atoms with Crippen LogP contribution in [0.5, 0.6) is 0 Å². The highest BCUT2D eigenvalue weighted by Crippen LogP contribution is 2.46. The summed E-state index contributed by atoms with van der Waals surface area (Å²) in [5.41, 5.74) is -1.69. The van der Waals surface area contributed by atoms with E-state index in [1.165, 1.54) is 54.8 Å². The number of hydrogen-bond acceptors (Lipinski definition) is 13. The molecule has 0 aromatic carbocycles. The quantitative estimate of drug-likeness (QED) is 0.132. The van der Waals surface area contributed by atoms with E-state index in [-0.39, 0.29) is 109 Å². The lowest BCUT2D eigenvalue weighted by molar-refractivity contribution is -0.219. The summed E-state index contributed by atoms with van der Waals surface area (Å²) in [6, 6.07) is -11.1. The molecule has 12 atom stereocenters. The van der Waals surface area contributed by atoms with Crippen molar-refractivity contribution in [3.8, 4) is 0 Å². The van der Waals surface area contributed by atoms with Gasteiger partial charge in [-0.05, 0) is 178 Å². The highest BCUT2D eigenvalue weighted by molar-refractivity contribution is 6.01. The molecule has 0 aromatic heterocycles. The Bertz CT molecular complexity index is 3280. The molecule has 25 nitrogen and oxygen atoms in total. The maximum Gasteiger partial charge on any atom is 0.397 e. The fraction of sp³-hybridized carbons (Fsp3) is 0.848. The standard InChI is InChI=1S/C79H124F8N12O13/c1-12-34-97-61(72(107)96-35-19-15-20-36-96)43-63(101)94(10)58(38-47(4)5)68(103)89-66(48(6)13-2)74(109)92(8)46-64(102)93(9)57-25-18-21-37-98(73(57)108)60(41-49-26-29-52(30-27-49)78(82,83)84)71(106)91(7)45-62(100)88-56(31-28-50-39-54(80)65(55(81)40-50)79(85,86)87)70(105)99-44-53(112-14-3)42-59(99)69(104)90-77(32-22-33-77)76(111)95(11)67(75(97)110)51-23-16-17-24-51/h47-61,65-67H,12-46H2,1-11H3,(H,88,100)(H,89,103)(H,90,104)/t48-,49?,50?,52?,53+,54?,55?,56-,57-,58-,59-,60-,61-,65?,66-,67-/m0/s1. The lowest BCUT2D eigenvalue weighted by Gasteiger charge is -2.47. The molecule has 112 heavy (non-hydrogen) atoms. The average Bonchev–Trinajstić information content (AvgIpc) is 1.18. The van der Waals surface area contributed by atoms with Crippen molar-refractivity contribution in [2.45, 2.75) is 300 Å². The third-order valence-electron chi connectivity index (χ3n) is 25.5. The van der Waals surface area contributed by atoms with Crippen molar-refractivity contribution in [2.75, 3.05) is 87.7 Å². The maximum absolute atomic E-state index is 16.1. The Morgan fingerprint density at radius 1 is 0.589 bits per heavy atom. The predicted molar refractivity (Wildman–Crippen MR) is 398 cm³/mol. The van der Waals surface area contributed by atoms with Gasteiger partial charge in [-0.1, -0.05) is 53.9 Å². The minimum Gasteiger partial charge on any atom is -0.377 e. The van der Waals surface area contributed by atoms with Gasteiger partial charge in [0.25, 0.3) is 0 Å². The predicted octanol–water partition coefficient (Wildman–Crippen LogP) is 7.89. The van der Waals surface area contributed by atoms with E-state index < -0.39 is 230 Å². The van der Waals surface area contributed by atoms with Crippen LogP contribution in [0.3, 0.4) is 0 Å². The second kappa shape index (κ2) is 39.6. The van der Waals surface area contributed by atoms with E-state index in [4.69, 9.17) is 4.74 Å². The lowest BCUT2D eigenvalue weighted by Crippen LogP contribution is -2.68. The van der Waals surface area contributed by atoms with Gasteiger partial charge in [-0.3, -0.25) is 57.5 Å². The van der Waals surface area contributed by atoms with Crippen LogP contribution < -0.4 is 16.0 Å². The summed E-state index contributed by atoms with van der Waals surface area (Å²) in [7, 11) is 6.83. The summed E-state index contributed by atoms with van der Waals surface area (Å²) in [4.78, 5) is 195. The molecule has 33 heteroatoms. The topological polar surface area (TPSA) is 279 Å². The van der Waals surface area contributed by atoms with Gasteiger partial charge in [0, 0.05) is 81.0 Å². The molecule has 1 spiro atoms. The van der Waals surface area contributed by atoms with Gasteiger partial charge in [0.15, 0.2) is 0 Å². The molecule has 2 bridgehead atoms. The highest BCUT2D eigenvalue weighted by Gasteiger charge is 2.57. The molecular weight excluding hydrogens is 1480 g/mol. The Kier molecular flexibility index (Phi) is 32.0. The van der Waals surface area contributed by atoms with Crippen LogP contribution in [-0.2, 0) is 62.3 Å². The molecule has 4 saturated carbocycles. The Morgan fingerprint density at radius 3 is 1.78 bits per heavy atom. The van der Waals surface area contributed by atoms with Crippen molar-refractivity contribution in [3.05, 3.63) is 0 Å². The number of nitrogens with one attached hydrogen (secondary N) is 3. The molecule has 4 aliphatic carbocycles. The molecule has 4 saturated heterocycles. The second-order valence-electron chi connectivity index (χ2n) is 33.9. The largest absolute Gasteiger partial charge is 0.397 e. The van der Waals surface area contributed by atoms with E-state index in [1.807, 2.05) is 13.8 Å². The molecule has 8 fully saturated rings. The van der Waals surface area contributed by atoms with E-state index >= 15 is 51.9 Å². The zero-order chi connectivity index (χ0) is 82.6. The summed E-state index contributed by atoms with van der Waals surface area (Å²) < 4.78 is 122. The molecule has 3 N–H and O–H groups in total. The second-order valence-corrected chi connectivity index (χ2v) is 33.9. The number of fused-ring (bicyclic) bond motifs is 3. The van der Waals surface area contributed by atoms with Gasteiger partial charge in [0.2, 0.25) is 70.9 Å². The first kappa shape index (κ1) is 90.6. The number of carbonyl (C=O) groups excluding carboxylic acids is 12. The molecule has 12 amide bonds. The van der Waals surface area contributed by atoms with Crippen LogP contribution in [0.25, 0.3) is 0 Å². The first-order valence-corrected chi connectivity index (χ1v) is 41.2. The third-order valence-corrected chi connectivity index (χ3v) is 25.5. The number of amides is 12. The van der Waals surface area contributed by atoms with Crippen molar-refractivity contribution in [2.24, 2.45) is 41.4 Å². The number of nitrogens with zero attached hydrogens (tertiary/aromatic N) is 9. The molecular formula is C79H124F8N12O13. The zero-order valence-corrected chi connectivity index (χ0v) is 67.5. The van der Waals surface area contributed by atoms with Crippen molar-refractivity contribution in [1.29, 1.82) is 0 Å². The monoisotopic (exact) mass is 1600 g/mol. The van der Waals surface area contributed by atoms with Gasteiger partial charge < -0.3 is 64.8 Å². The fourth-order valence-corrected chi connectivity index (χ4v) is 18.6. The number of likely N-dealkylation sites (N-methyl/N-ethyl adjacent to an activating group) is 5. The summed E-state index contributed by atoms with van der Waals surface area (Å²) in [5.74, 6) is -16.4. The first-order chi connectivity index (χ1) is 52.8. The minimum atomic E-state index is -5.21. The number of rotatable bonds is 15. The number of likely N-dealkylation sites (tertiary alicyclic amines) is 1. The van der Waals surface area contributed by atoms with Crippen LogP contribution in [-0.4, -0.2) is 287 Å². The Morgan fingerprint density at radius 2 is 1.21 bits per heavy atom. The summed E-state index contributed by atoms with van der Waals surface area (Å²) in [5, 5.41) is 8.54. The Labute approximate surface area is 654 Å². The molecule has 8 rings (SSSR count). The number of ether oxygens (including phenoxy) is 1. The van der Waals surface area contributed by atoms with Gasteiger partial charge >= 0.3 is 12.4 Å². The molecule has 8 aliphatic rings. The summed E-state index contributed by atoms with van der Waals surface area (Å²) in [6.07, 6.45) is -13.2. The number of halogens is 8. The van der Waals surface area contributed by atoms with Crippen LogP contribution in [0, 0.1) is 41.4 Å². The van der Waals surface area contributed by atoms with Crippen LogP contribution in [0.4, 0.5) is 35.1 Å². The van der Waals surface area contributed by atoms with Gasteiger partial charge in [0.1, 0.15) is 72.1 Å². The van der Waals surface area contributed by atoms with E-state index in [1.54, 1.807) is 32.6 Å². The number of carbonyl (C=O) groups is 12. The van der Waals surface area contributed by atoms with Gasteiger partial charge in [-0.2, -0.15) is 26.3 Å². The van der Waals surface area contributed by atoms with Crippen LogP contribution >= 0.6 is 0 Å². The van der Waals surface area contributed by atoms with Gasteiger partial charge in [0.05, 0.1) is 31.5 Å². The van der Waals surface area contributed by atoms with Crippen LogP contribution in [0.2, 0.25) is 0 Å². The van der Waals surface area contributed by atoms with E-state index in [0.717, 1.165) is 26.0 Å². The highest BCUT2D eigenvalue weighted by atomic mass is 19.4. The fourth-order valence-electron chi connectivity index (χ4n) is 18.6. The summed E-state index contributed by atoms with van der Waals surface area (Å²) >= 11 is 0. The molecule has 0 aromatic rings. The molecule has 2 unspecified atom stereocenters. The summed E-state index contributed by atoms with van der Waals surface area (Å²) in [6.45, 7) is 9.57. The van der Waals surface area contributed by atoms with Crippen molar-refractivity contribution in [3.63, 3.8) is 0 Å². The molecule has 634 valence electrons. The van der Waals surface area contributed by atoms with E-state index in [2.05, 4.69) is 16.0 Å². The van der Waals surface area contributed by atoms with Crippen molar-refractivity contribution in [1.82, 2.24) is 60.0 Å². The van der Waals surface area contributed by atoms with E-state index in [0.29, 0.717) is 77.3 Å². The first-order valence-electron chi connectivity index (χ1n) is 41.2. The third kappa shape index (κ3) is 22.0. The molecule has 0 radical (unpaired) electrons. The Balaban J connectivity index is 1.22. The average molecular weight is 1600 g/mol. The van der Waals surface area contributed by atoms with Crippen LogP contribution in [0.1, 0.15) is 215 Å². The number of piperidine rings is 1. The molecule has 4 heterocycles. The van der Waals surface area contributed by atoms with E-state index in [9.17, 15) is 40.7 Å². The smallest absolute Gasteiger partial charge is 0.377 e. The van der Waals surface area contributed by atoms with Gasteiger partial charge in [-0.25, -0.2) is 8.78 Å². The van der Waals surface area contributed by atoms with Crippen LogP contribution in [0.15, 0.2) is 0 Å². The minimum absolute atomic E-state index is 0.0110. The SMILES string of the molecule is CCCN1C(=O)[C@H](C2CCCC2)N(C)C(=O)C2(CCC2)NC(=O)[C@@H]2C[C@@H](OCC)CN2C(=O)[C@H](CCC2CC(F)C(C(F)(F)F)C(F)C2)NC(=O)CN(C)C(=O)[C@H](CC2CCC(C(F)(F)F)CC2)N2CCCC[C@@H](C2=O)N(C)C(=O)CN(C)C(=O)[C@H]([C@@H](C)CC)NC(=O)[C@H](CC(C)C)N(C)C(=O)C[C@H]1C(=O)N1CCCCC1.